The van der Waals surface area contributed by atoms with Crippen LogP contribution < -0.4 is 0 Å². The third-order valence-corrected chi connectivity index (χ3v) is 11.4. The molecule has 3 heterocycles. The molecule has 0 saturated carbocycles. The molecule has 4 nitrogen and oxygen atoms in total. The molecule has 0 spiro atoms. The lowest BCUT2D eigenvalue weighted by Crippen LogP contribution is -1.98. The molecule has 4 heteroatoms. The standard InChI is InChI=1S/C57H44N4/c1-40-12-31-57(61-39-40)49-29-30-53(54(37-49)46-23-21-43(38-58)22-24-46)52-9-3-2-8-51(52)50-35-44(15-13-41-17-25-47(26-18-41)55-10-4-6-32-59-55)34-45(36-50)16-14-42-19-27-48(28-20-42)56-11-5-7-33-60-56/h2-12,17-37,39H,13-16H2,1H3. The van der Waals surface area contributed by atoms with E-state index < -0.39 is 0 Å². The zero-order valence-electron chi connectivity index (χ0n) is 34.2. The first-order valence-electron chi connectivity index (χ1n) is 20.9. The fourth-order valence-electron chi connectivity index (χ4n) is 8.05. The van der Waals surface area contributed by atoms with Gasteiger partial charge in [-0.15, -0.1) is 0 Å². The van der Waals surface area contributed by atoms with Crippen LogP contribution in [0.25, 0.3) is 67.2 Å². The first kappa shape index (κ1) is 38.8. The Kier molecular flexibility index (Phi) is 11.5. The van der Waals surface area contributed by atoms with Crippen molar-refractivity contribution in [1.29, 1.82) is 5.26 Å². The van der Waals surface area contributed by atoms with Gasteiger partial charge in [0.05, 0.1) is 28.7 Å². The highest BCUT2D eigenvalue weighted by Gasteiger charge is 2.16. The van der Waals surface area contributed by atoms with Gasteiger partial charge in [0.15, 0.2) is 0 Å². The summed E-state index contributed by atoms with van der Waals surface area (Å²) in [7, 11) is 0. The summed E-state index contributed by atoms with van der Waals surface area (Å²) in [5.41, 5.74) is 20.0. The molecule has 0 bridgehead atoms. The lowest BCUT2D eigenvalue weighted by Gasteiger charge is -2.18. The number of nitrogens with zero attached hydrogens (tertiary/aromatic N) is 4. The van der Waals surface area contributed by atoms with E-state index in [-0.39, 0.29) is 0 Å². The Hall–Kier alpha value is -7.74. The van der Waals surface area contributed by atoms with E-state index in [1.165, 1.54) is 33.4 Å². The normalized spacial score (nSPS) is 11.0. The second-order valence-corrected chi connectivity index (χ2v) is 15.6. The van der Waals surface area contributed by atoms with Gasteiger partial charge in [0.25, 0.3) is 0 Å². The summed E-state index contributed by atoms with van der Waals surface area (Å²) in [4.78, 5) is 13.8. The van der Waals surface area contributed by atoms with Crippen LogP contribution in [0.5, 0.6) is 0 Å². The highest BCUT2D eigenvalue weighted by molar-refractivity contribution is 5.93. The van der Waals surface area contributed by atoms with E-state index in [4.69, 9.17) is 4.98 Å². The van der Waals surface area contributed by atoms with E-state index in [0.717, 1.165) is 87.3 Å². The second-order valence-electron chi connectivity index (χ2n) is 15.6. The number of hydrogen-bond acceptors (Lipinski definition) is 4. The molecule has 0 N–H and O–H groups in total. The van der Waals surface area contributed by atoms with Crippen LogP contribution in [0, 0.1) is 18.3 Å². The monoisotopic (exact) mass is 784 g/mol. The summed E-state index contributed by atoms with van der Waals surface area (Å²) in [6, 6.07) is 66.7. The van der Waals surface area contributed by atoms with Crippen LogP contribution in [0.1, 0.15) is 33.4 Å². The maximum Gasteiger partial charge on any atom is 0.0991 e. The Morgan fingerprint density at radius 1 is 0.377 bits per heavy atom. The van der Waals surface area contributed by atoms with Gasteiger partial charge >= 0.3 is 0 Å². The average molecular weight is 785 g/mol. The number of benzene rings is 6. The van der Waals surface area contributed by atoms with Crippen molar-refractivity contribution in [2.45, 2.75) is 32.6 Å². The van der Waals surface area contributed by atoms with Gasteiger partial charge in [0.1, 0.15) is 0 Å². The number of rotatable bonds is 12. The van der Waals surface area contributed by atoms with Crippen molar-refractivity contribution in [2.24, 2.45) is 0 Å². The molecule has 0 aliphatic heterocycles. The van der Waals surface area contributed by atoms with Crippen molar-refractivity contribution in [1.82, 2.24) is 15.0 Å². The predicted octanol–water partition coefficient (Wildman–Crippen LogP) is 13.6. The van der Waals surface area contributed by atoms with Crippen LogP contribution >= 0.6 is 0 Å². The number of aromatic nitrogens is 3. The molecule has 6 aromatic carbocycles. The van der Waals surface area contributed by atoms with Gasteiger partial charge in [-0.3, -0.25) is 15.0 Å². The zero-order valence-corrected chi connectivity index (χ0v) is 34.2. The van der Waals surface area contributed by atoms with Crippen LogP contribution in [-0.2, 0) is 25.7 Å². The van der Waals surface area contributed by atoms with E-state index in [0.29, 0.717) is 5.56 Å². The highest BCUT2D eigenvalue weighted by atomic mass is 14.7. The summed E-state index contributed by atoms with van der Waals surface area (Å²) in [5, 5.41) is 9.61. The van der Waals surface area contributed by atoms with Crippen LogP contribution in [0.3, 0.4) is 0 Å². The SMILES string of the molecule is Cc1ccc(-c2ccc(-c3ccccc3-c3cc(CCc4ccc(-c5ccccn5)cc4)cc(CCc4ccc(-c5ccccn5)cc4)c3)c(-c3ccc(C#N)cc3)c2)nc1. The minimum atomic E-state index is 0.639. The number of aryl methyl sites for hydroxylation is 5. The van der Waals surface area contributed by atoms with Gasteiger partial charge in [-0.05, 0) is 142 Å². The number of nitriles is 1. The van der Waals surface area contributed by atoms with Crippen molar-refractivity contribution in [3.05, 3.63) is 234 Å². The van der Waals surface area contributed by atoms with Crippen LogP contribution in [0.15, 0.2) is 201 Å². The quantitative estimate of drug-likeness (QED) is 0.124. The lowest BCUT2D eigenvalue weighted by atomic mass is 9.86. The molecular weight excluding hydrogens is 741 g/mol. The maximum atomic E-state index is 9.61. The Morgan fingerprint density at radius 3 is 1.43 bits per heavy atom. The van der Waals surface area contributed by atoms with Crippen molar-refractivity contribution in [3.8, 4) is 73.2 Å². The average Bonchev–Trinajstić information content (AvgIpc) is 3.33. The minimum Gasteiger partial charge on any atom is -0.256 e. The molecule has 0 amide bonds. The van der Waals surface area contributed by atoms with Crippen molar-refractivity contribution >= 4 is 0 Å². The molecule has 0 aliphatic rings. The first-order valence-corrected chi connectivity index (χ1v) is 20.9. The fourth-order valence-corrected chi connectivity index (χ4v) is 8.05. The number of hydrogen-bond donors (Lipinski definition) is 0. The van der Waals surface area contributed by atoms with Gasteiger partial charge in [-0.25, -0.2) is 0 Å². The molecule has 9 rings (SSSR count). The van der Waals surface area contributed by atoms with Crippen LogP contribution in [0.4, 0.5) is 0 Å². The molecular formula is C57H44N4. The molecule has 0 radical (unpaired) electrons. The van der Waals surface area contributed by atoms with Crippen molar-refractivity contribution in [3.63, 3.8) is 0 Å². The van der Waals surface area contributed by atoms with E-state index in [9.17, 15) is 5.26 Å². The van der Waals surface area contributed by atoms with E-state index >= 15 is 0 Å². The summed E-state index contributed by atoms with van der Waals surface area (Å²) in [6.07, 6.45) is 9.29. The summed E-state index contributed by atoms with van der Waals surface area (Å²) >= 11 is 0. The summed E-state index contributed by atoms with van der Waals surface area (Å²) in [6.45, 7) is 2.06. The Morgan fingerprint density at radius 2 is 0.885 bits per heavy atom. The topological polar surface area (TPSA) is 62.5 Å². The second kappa shape index (κ2) is 18.0. The third-order valence-electron chi connectivity index (χ3n) is 11.4. The molecule has 9 aromatic rings. The summed E-state index contributed by atoms with van der Waals surface area (Å²) in [5.74, 6) is 0. The first-order chi connectivity index (χ1) is 30.1. The van der Waals surface area contributed by atoms with Crippen LogP contribution in [-0.4, -0.2) is 15.0 Å². The predicted molar refractivity (Wildman–Crippen MR) is 250 cm³/mol. The van der Waals surface area contributed by atoms with Crippen LogP contribution in [0.2, 0.25) is 0 Å². The molecule has 0 atom stereocenters. The van der Waals surface area contributed by atoms with Gasteiger partial charge < -0.3 is 0 Å². The van der Waals surface area contributed by atoms with Crippen molar-refractivity contribution < 1.29 is 0 Å². The number of pyridine rings is 3. The molecule has 292 valence electrons. The minimum absolute atomic E-state index is 0.639. The van der Waals surface area contributed by atoms with E-state index in [1.807, 2.05) is 55.0 Å². The summed E-state index contributed by atoms with van der Waals surface area (Å²) < 4.78 is 0. The molecule has 0 saturated heterocycles. The maximum absolute atomic E-state index is 9.61. The van der Waals surface area contributed by atoms with Gasteiger partial charge in [0, 0.05) is 35.3 Å². The smallest absolute Gasteiger partial charge is 0.0991 e. The molecule has 3 aromatic heterocycles. The third kappa shape index (κ3) is 9.13. The molecule has 0 unspecified atom stereocenters. The zero-order chi connectivity index (χ0) is 41.4. The van der Waals surface area contributed by atoms with E-state index in [1.54, 1.807) is 0 Å². The molecule has 0 aliphatic carbocycles. The lowest BCUT2D eigenvalue weighted by molar-refractivity contribution is 0.931. The fraction of sp³-hybridized carbons (Fsp3) is 0.0877. The molecule has 0 fully saturated rings. The van der Waals surface area contributed by atoms with Gasteiger partial charge in [0.2, 0.25) is 0 Å². The Labute approximate surface area is 358 Å². The largest absolute Gasteiger partial charge is 0.256 e. The molecule has 61 heavy (non-hydrogen) atoms. The van der Waals surface area contributed by atoms with Crippen molar-refractivity contribution in [2.75, 3.05) is 0 Å². The Balaban J connectivity index is 1.08. The Bertz CT molecular complexity index is 2830. The highest BCUT2D eigenvalue weighted by Crippen LogP contribution is 2.41. The van der Waals surface area contributed by atoms with Gasteiger partial charge in [-0.1, -0.05) is 133 Å². The van der Waals surface area contributed by atoms with Gasteiger partial charge in [-0.2, -0.15) is 5.26 Å². The van der Waals surface area contributed by atoms with E-state index in [2.05, 4.69) is 169 Å².